The third kappa shape index (κ3) is 1.40. The molecular formula is C11H14N2O4. The molecule has 2 N–H and O–H groups in total. The number of barbiturate groups is 1. The summed E-state index contributed by atoms with van der Waals surface area (Å²) in [6, 6.07) is -0.710. The molecule has 0 atom stereocenters. The molecule has 0 aromatic heterocycles. The first kappa shape index (κ1) is 10.7. The first-order valence-corrected chi connectivity index (χ1v) is 5.81. The molecule has 3 fully saturated rings. The summed E-state index contributed by atoms with van der Waals surface area (Å²) >= 11 is 0. The fraction of sp³-hybridized carbons (Fsp3) is 0.727. The van der Waals surface area contributed by atoms with Crippen LogP contribution in [0.25, 0.3) is 0 Å². The highest BCUT2D eigenvalue weighted by atomic mass is 16.5. The maximum Gasteiger partial charge on any atom is 0.328 e. The predicted octanol–water partition coefficient (Wildman–Crippen LogP) is -0.0706. The highest BCUT2D eigenvalue weighted by molar-refractivity contribution is 6.19. The van der Waals surface area contributed by atoms with Crippen molar-refractivity contribution in [2.24, 2.45) is 10.8 Å². The zero-order chi connectivity index (χ0) is 12.1. The Kier molecular flexibility index (Phi) is 2.07. The fourth-order valence-corrected chi connectivity index (χ4v) is 3.29. The number of imide groups is 2. The van der Waals surface area contributed by atoms with Crippen molar-refractivity contribution < 1.29 is 19.1 Å². The van der Waals surface area contributed by atoms with Gasteiger partial charge >= 0.3 is 6.03 Å². The molecule has 6 heteroatoms. The van der Waals surface area contributed by atoms with Gasteiger partial charge in [-0.05, 0) is 31.1 Å². The van der Waals surface area contributed by atoms with Crippen LogP contribution in [0.15, 0.2) is 0 Å². The number of urea groups is 1. The van der Waals surface area contributed by atoms with E-state index in [-0.39, 0.29) is 5.41 Å². The van der Waals surface area contributed by atoms with Crippen molar-refractivity contribution in [1.29, 1.82) is 0 Å². The minimum atomic E-state index is -1.01. The van der Waals surface area contributed by atoms with Gasteiger partial charge < -0.3 is 4.74 Å². The van der Waals surface area contributed by atoms with E-state index in [0.717, 1.165) is 12.8 Å². The Morgan fingerprint density at radius 3 is 2.00 bits per heavy atom. The lowest BCUT2D eigenvalue weighted by atomic mass is 9.49. The Labute approximate surface area is 98.1 Å². The molecule has 2 heterocycles. The molecule has 0 radical (unpaired) electrons. The second-order valence-electron chi connectivity index (χ2n) is 5.29. The number of amides is 4. The molecule has 92 valence electrons. The Morgan fingerprint density at radius 1 is 0.941 bits per heavy atom. The highest BCUT2D eigenvalue weighted by Gasteiger charge is 2.64. The molecule has 0 aromatic rings. The standard InChI is InChI=1S/C11H14N2O4/c14-7-11(8(15)13-9(16)12-7)5-10(6-11)1-3-17-4-2-10/h1-6H2,(H2,12,13,14,15,16). The van der Waals surface area contributed by atoms with Crippen LogP contribution in [0, 0.1) is 10.8 Å². The van der Waals surface area contributed by atoms with Gasteiger partial charge in [-0.15, -0.1) is 0 Å². The summed E-state index contributed by atoms with van der Waals surface area (Å²) in [5.41, 5.74) is -0.946. The largest absolute Gasteiger partial charge is 0.381 e. The Hall–Kier alpha value is -1.43. The van der Waals surface area contributed by atoms with Gasteiger partial charge in [0.05, 0.1) is 0 Å². The van der Waals surface area contributed by atoms with Crippen molar-refractivity contribution >= 4 is 17.8 Å². The van der Waals surface area contributed by atoms with Crippen molar-refractivity contribution in [2.45, 2.75) is 25.7 Å². The van der Waals surface area contributed by atoms with Crippen molar-refractivity contribution in [2.75, 3.05) is 13.2 Å². The lowest BCUT2D eigenvalue weighted by Gasteiger charge is -2.56. The van der Waals surface area contributed by atoms with Crippen LogP contribution in [0.2, 0.25) is 0 Å². The number of nitrogens with one attached hydrogen (secondary N) is 2. The van der Waals surface area contributed by atoms with Crippen LogP contribution in [-0.2, 0) is 14.3 Å². The fourth-order valence-electron chi connectivity index (χ4n) is 3.29. The third-order valence-electron chi connectivity index (χ3n) is 4.23. The minimum Gasteiger partial charge on any atom is -0.381 e. The number of rotatable bonds is 0. The predicted molar refractivity (Wildman–Crippen MR) is 55.8 cm³/mol. The molecule has 0 aromatic carbocycles. The van der Waals surface area contributed by atoms with Crippen molar-refractivity contribution in [1.82, 2.24) is 10.6 Å². The van der Waals surface area contributed by atoms with Gasteiger partial charge in [0.2, 0.25) is 11.8 Å². The molecule has 3 rings (SSSR count). The quantitative estimate of drug-likeness (QED) is 0.578. The summed E-state index contributed by atoms with van der Waals surface area (Å²) in [6.45, 7) is 1.39. The van der Waals surface area contributed by atoms with Gasteiger partial charge in [-0.1, -0.05) is 0 Å². The van der Waals surface area contributed by atoms with E-state index in [9.17, 15) is 14.4 Å². The summed E-state index contributed by atoms with van der Waals surface area (Å²) in [5, 5.41) is 4.37. The van der Waals surface area contributed by atoms with Gasteiger partial charge in [-0.3, -0.25) is 20.2 Å². The van der Waals surface area contributed by atoms with Crippen molar-refractivity contribution in [3.8, 4) is 0 Å². The monoisotopic (exact) mass is 238 g/mol. The maximum absolute atomic E-state index is 11.8. The third-order valence-corrected chi connectivity index (χ3v) is 4.23. The molecule has 1 saturated carbocycles. The van der Waals surface area contributed by atoms with E-state index in [1.807, 2.05) is 0 Å². The summed E-state index contributed by atoms with van der Waals surface area (Å²) < 4.78 is 5.29. The molecule has 2 spiro atoms. The average Bonchev–Trinajstić information content (AvgIpc) is 2.24. The molecule has 0 unspecified atom stereocenters. The number of ether oxygens (including phenoxy) is 1. The summed E-state index contributed by atoms with van der Waals surface area (Å²) in [5.74, 6) is -0.883. The van der Waals surface area contributed by atoms with Crippen molar-refractivity contribution in [3.05, 3.63) is 0 Å². The normalized spacial score (nSPS) is 29.8. The maximum atomic E-state index is 11.8. The zero-order valence-corrected chi connectivity index (χ0v) is 9.38. The SMILES string of the molecule is O=C1NC(=O)C2(CC3(CCOCC3)C2)C(=O)N1. The minimum absolute atomic E-state index is 0.0628. The van der Waals surface area contributed by atoms with E-state index in [0.29, 0.717) is 26.1 Å². The first-order valence-electron chi connectivity index (χ1n) is 5.81. The molecule has 6 nitrogen and oxygen atoms in total. The summed E-state index contributed by atoms with van der Waals surface area (Å²) in [7, 11) is 0. The number of carbonyl (C=O) groups is 3. The molecule has 17 heavy (non-hydrogen) atoms. The smallest absolute Gasteiger partial charge is 0.328 e. The van der Waals surface area contributed by atoms with Crippen LogP contribution in [0.5, 0.6) is 0 Å². The number of hydrogen-bond acceptors (Lipinski definition) is 4. The molecule has 2 aliphatic heterocycles. The lowest BCUT2D eigenvalue weighted by molar-refractivity contribution is -0.169. The molecule has 2 saturated heterocycles. The van der Waals surface area contributed by atoms with E-state index < -0.39 is 23.3 Å². The Bertz CT molecular complexity index is 382. The second kappa shape index (κ2) is 3.29. The Balaban J connectivity index is 1.79. The Morgan fingerprint density at radius 2 is 1.47 bits per heavy atom. The van der Waals surface area contributed by atoms with Gasteiger partial charge in [0, 0.05) is 13.2 Å². The van der Waals surface area contributed by atoms with Gasteiger partial charge in [0.15, 0.2) is 0 Å². The molecule has 3 aliphatic rings. The molecule has 0 bridgehead atoms. The van der Waals surface area contributed by atoms with Crippen LogP contribution in [0.1, 0.15) is 25.7 Å². The van der Waals surface area contributed by atoms with Crippen LogP contribution in [0.3, 0.4) is 0 Å². The first-order chi connectivity index (χ1) is 8.06. The van der Waals surface area contributed by atoms with Crippen LogP contribution < -0.4 is 10.6 Å². The molecular weight excluding hydrogens is 224 g/mol. The van der Waals surface area contributed by atoms with Gasteiger partial charge in [-0.25, -0.2) is 4.79 Å². The number of hydrogen-bond donors (Lipinski definition) is 2. The van der Waals surface area contributed by atoms with E-state index in [2.05, 4.69) is 10.6 Å². The summed E-state index contributed by atoms with van der Waals surface area (Å²) in [4.78, 5) is 34.6. The van der Waals surface area contributed by atoms with E-state index in [4.69, 9.17) is 4.74 Å². The van der Waals surface area contributed by atoms with Crippen LogP contribution >= 0.6 is 0 Å². The van der Waals surface area contributed by atoms with Gasteiger partial charge in [-0.2, -0.15) is 0 Å². The summed E-state index contributed by atoms with van der Waals surface area (Å²) in [6.07, 6.45) is 2.86. The highest BCUT2D eigenvalue weighted by Crippen LogP contribution is 2.60. The lowest BCUT2D eigenvalue weighted by Crippen LogP contribution is -2.69. The van der Waals surface area contributed by atoms with Crippen molar-refractivity contribution in [3.63, 3.8) is 0 Å². The van der Waals surface area contributed by atoms with Gasteiger partial charge in [0.1, 0.15) is 5.41 Å². The molecule has 1 aliphatic carbocycles. The topological polar surface area (TPSA) is 84.5 Å². The number of carbonyl (C=O) groups excluding carboxylic acids is 3. The van der Waals surface area contributed by atoms with E-state index >= 15 is 0 Å². The van der Waals surface area contributed by atoms with Crippen LogP contribution in [-0.4, -0.2) is 31.1 Å². The van der Waals surface area contributed by atoms with E-state index in [1.165, 1.54) is 0 Å². The second-order valence-corrected chi connectivity index (χ2v) is 5.29. The molecule has 4 amide bonds. The van der Waals surface area contributed by atoms with Gasteiger partial charge in [0.25, 0.3) is 0 Å². The zero-order valence-electron chi connectivity index (χ0n) is 9.38. The van der Waals surface area contributed by atoms with Crippen LogP contribution in [0.4, 0.5) is 4.79 Å². The van der Waals surface area contributed by atoms with E-state index in [1.54, 1.807) is 0 Å². The average molecular weight is 238 g/mol.